The van der Waals surface area contributed by atoms with E-state index in [1.165, 1.54) is 37.4 Å². The van der Waals surface area contributed by atoms with Crippen molar-refractivity contribution < 1.29 is 18.8 Å². The third kappa shape index (κ3) is 3.20. The minimum absolute atomic E-state index is 0.0588. The average Bonchev–Trinajstić information content (AvgIpc) is 2.50. The van der Waals surface area contributed by atoms with E-state index in [4.69, 9.17) is 4.74 Å². The Labute approximate surface area is 125 Å². The lowest BCUT2D eigenvalue weighted by molar-refractivity contribution is -0.385. The van der Waals surface area contributed by atoms with Gasteiger partial charge in [0.25, 0.3) is 5.91 Å². The molecule has 2 rings (SSSR count). The summed E-state index contributed by atoms with van der Waals surface area (Å²) in [4.78, 5) is 22.5. The van der Waals surface area contributed by atoms with Gasteiger partial charge in [0, 0.05) is 17.3 Å². The lowest BCUT2D eigenvalue weighted by atomic mass is 10.1. The summed E-state index contributed by atoms with van der Waals surface area (Å²) in [6.45, 7) is 1.71. The Morgan fingerprint density at radius 2 is 2.00 bits per heavy atom. The zero-order valence-electron chi connectivity index (χ0n) is 11.9. The Morgan fingerprint density at radius 3 is 2.64 bits per heavy atom. The summed E-state index contributed by atoms with van der Waals surface area (Å²) < 4.78 is 18.1. The second-order valence-corrected chi connectivity index (χ2v) is 4.56. The molecule has 0 fully saturated rings. The second-order valence-electron chi connectivity index (χ2n) is 4.56. The fraction of sp³-hybridized carbons (Fsp3) is 0.133. The van der Waals surface area contributed by atoms with Crippen molar-refractivity contribution in [1.29, 1.82) is 0 Å². The van der Waals surface area contributed by atoms with E-state index < -0.39 is 16.6 Å². The summed E-state index contributed by atoms with van der Waals surface area (Å²) in [7, 11) is 1.30. The van der Waals surface area contributed by atoms with Crippen molar-refractivity contribution in [2.75, 3.05) is 12.4 Å². The van der Waals surface area contributed by atoms with Crippen LogP contribution < -0.4 is 10.1 Å². The van der Waals surface area contributed by atoms with E-state index in [0.717, 1.165) is 6.07 Å². The molecule has 0 saturated carbocycles. The quantitative estimate of drug-likeness (QED) is 0.694. The van der Waals surface area contributed by atoms with Crippen molar-refractivity contribution >= 4 is 17.3 Å². The fourth-order valence-electron chi connectivity index (χ4n) is 1.90. The van der Waals surface area contributed by atoms with Crippen LogP contribution in [0, 0.1) is 22.9 Å². The maximum absolute atomic E-state index is 13.2. The van der Waals surface area contributed by atoms with Crippen molar-refractivity contribution in [3.05, 3.63) is 63.5 Å². The van der Waals surface area contributed by atoms with Crippen LogP contribution in [-0.4, -0.2) is 17.9 Å². The number of ether oxygens (including phenoxy) is 1. The number of anilines is 1. The largest absolute Gasteiger partial charge is 0.490 e. The normalized spacial score (nSPS) is 10.1. The van der Waals surface area contributed by atoms with Crippen LogP contribution in [0.2, 0.25) is 0 Å². The highest BCUT2D eigenvalue weighted by Crippen LogP contribution is 2.28. The standard InChI is InChI=1S/C15H13FN2O4/c1-9-3-5-11(16)8-12(9)17-15(19)10-4-6-14(22-2)13(7-10)18(20)21/h3-8H,1-2H3,(H,17,19). The smallest absolute Gasteiger partial charge is 0.311 e. The fourth-order valence-corrected chi connectivity index (χ4v) is 1.90. The van der Waals surface area contributed by atoms with E-state index in [-0.39, 0.29) is 17.0 Å². The maximum Gasteiger partial charge on any atom is 0.311 e. The summed E-state index contributed by atoms with van der Waals surface area (Å²) in [5.74, 6) is -0.996. The van der Waals surface area contributed by atoms with E-state index in [9.17, 15) is 19.3 Å². The third-order valence-corrected chi connectivity index (χ3v) is 3.09. The molecule has 0 aliphatic carbocycles. The Balaban J connectivity index is 2.32. The van der Waals surface area contributed by atoms with Gasteiger partial charge in [0.15, 0.2) is 5.75 Å². The van der Waals surface area contributed by atoms with E-state index >= 15 is 0 Å². The first-order valence-corrected chi connectivity index (χ1v) is 6.32. The number of halogens is 1. The van der Waals surface area contributed by atoms with Crippen LogP contribution >= 0.6 is 0 Å². The van der Waals surface area contributed by atoms with E-state index in [0.29, 0.717) is 11.3 Å². The number of aryl methyl sites for hydroxylation is 1. The van der Waals surface area contributed by atoms with Gasteiger partial charge in [-0.05, 0) is 36.8 Å². The number of benzene rings is 2. The molecule has 1 amide bonds. The molecule has 0 bridgehead atoms. The van der Waals surface area contributed by atoms with Gasteiger partial charge in [-0.15, -0.1) is 0 Å². The lowest BCUT2D eigenvalue weighted by Crippen LogP contribution is -2.13. The van der Waals surface area contributed by atoms with Crippen LogP contribution in [0.3, 0.4) is 0 Å². The number of hydrogen-bond donors (Lipinski definition) is 1. The summed E-state index contributed by atoms with van der Waals surface area (Å²) in [6.07, 6.45) is 0. The number of amides is 1. The highest BCUT2D eigenvalue weighted by molar-refractivity contribution is 6.05. The Hall–Kier alpha value is -2.96. The van der Waals surface area contributed by atoms with E-state index in [2.05, 4.69) is 5.32 Å². The molecule has 0 aliphatic heterocycles. The van der Waals surface area contributed by atoms with Crippen LogP contribution in [0.15, 0.2) is 36.4 Å². The van der Waals surface area contributed by atoms with Crippen molar-refractivity contribution in [1.82, 2.24) is 0 Å². The van der Waals surface area contributed by atoms with Crippen LogP contribution in [0.4, 0.5) is 15.8 Å². The predicted molar refractivity (Wildman–Crippen MR) is 78.7 cm³/mol. The molecule has 0 saturated heterocycles. The first-order valence-electron chi connectivity index (χ1n) is 6.32. The zero-order chi connectivity index (χ0) is 16.3. The number of methoxy groups -OCH3 is 1. The zero-order valence-corrected chi connectivity index (χ0v) is 11.9. The van der Waals surface area contributed by atoms with Gasteiger partial charge < -0.3 is 10.1 Å². The Bertz CT molecular complexity index is 746. The molecule has 0 aliphatic rings. The van der Waals surface area contributed by atoms with Crippen molar-refractivity contribution in [2.45, 2.75) is 6.92 Å². The van der Waals surface area contributed by atoms with Gasteiger partial charge in [-0.2, -0.15) is 0 Å². The first kappa shape index (κ1) is 15.4. The summed E-state index contributed by atoms with van der Waals surface area (Å²) >= 11 is 0. The molecule has 0 spiro atoms. The summed E-state index contributed by atoms with van der Waals surface area (Å²) in [5.41, 5.74) is 0.753. The SMILES string of the molecule is COc1ccc(C(=O)Nc2cc(F)ccc2C)cc1[N+](=O)[O-]. The molecule has 6 nitrogen and oxygen atoms in total. The number of hydrogen-bond acceptors (Lipinski definition) is 4. The second kappa shape index (κ2) is 6.21. The molecule has 0 aromatic heterocycles. The van der Waals surface area contributed by atoms with Gasteiger partial charge in [-0.3, -0.25) is 14.9 Å². The van der Waals surface area contributed by atoms with Crippen LogP contribution in [-0.2, 0) is 0 Å². The molecular formula is C15H13FN2O4. The molecule has 0 heterocycles. The number of carbonyl (C=O) groups excluding carboxylic acids is 1. The minimum Gasteiger partial charge on any atom is -0.490 e. The lowest BCUT2D eigenvalue weighted by Gasteiger charge is -2.09. The highest BCUT2D eigenvalue weighted by Gasteiger charge is 2.18. The van der Waals surface area contributed by atoms with E-state index in [1.54, 1.807) is 6.92 Å². The molecule has 114 valence electrons. The van der Waals surface area contributed by atoms with Gasteiger partial charge in [0.1, 0.15) is 5.82 Å². The van der Waals surface area contributed by atoms with Crippen molar-refractivity contribution in [3.63, 3.8) is 0 Å². The minimum atomic E-state index is -0.636. The van der Waals surface area contributed by atoms with Gasteiger partial charge in [-0.1, -0.05) is 6.07 Å². The number of rotatable bonds is 4. The van der Waals surface area contributed by atoms with Crippen molar-refractivity contribution in [3.8, 4) is 5.75 Å². The molecule has 7 heteroatoms. The number of nitro benzene ring substituents is 1. The third-order valence-electron chi connectivity index (χ3n) is 3.09. The number of nitro groups is 1. The molecule has 2 aromatic carbocycles. The van der Waals surface area contributed by atoms with Crippen molar-refractivity contribution in [2.24, 2.45) is 0 Å². The van der Waals surface area contributed by atoms with E-state index in [1.807, 2.05) is 0 Å². The van der Waals surface area contributed by atoms with Gasteiger partial charge in [0.2, 0.25) is 0 Å². The van der Waals surface area contributed by atoms with Crippen LogP contribution in [0.5, 0.6) is 5.75 Å². The van der Waals surface area contributed by atoms with Crippen LogP contribution in [0.25, 0.3) is 0 Å². The predicted octanol–water partition coefficient (Wildman–Crippen LogP) is 3.30. The number of nitrogens with zero attached hydrogens (tertiary/aromatic N) is 1. The van der Waals surface area contributed by atoms with Gasteiger partial charge >= 0.3 is 5.69 Å². The maximum atomic E-state index is 13.2. The Morgan fingerprint density at radius 1 is 1.27 bits per heavy atom. The van der Waals surface area contributed by atoms with Gasteiger partial charge in [0.05, 0.1) is 12.0 Å². The summed E-state index contributed by atoms with van der Waals surface area (Å²) in [5, 5.41) is 13.5. The summed E-state index contributed by atoms with van der Waals surface area (Å²) in [6, 6.07) is 7.85. The molecular weight excluding hydrogens is 291 g/mol. The molecule has 0 unspecified atom stereocenters. The number of carbonyl (C=O) groups is 1. The topological polar surface area (TPSA) is 81.5 Å². The number of nitrogens with one attached hydrogen (secondary N) is 1. The molecule has 22 heavy (non-hydrogen) atoms. The molecule has 0 radical (unpaired) electrons. The molecule has 1 N–H and O–H groups in total. The Kier molecular flexibility index (Phi) is 4.36. The first-order chi connectivity index (χ1) is 10.4. The monoisotopic (exact) mass is 304 g/mol. The molecule has 2 aromatic rings. The molecule has 0 atom stereocenters. The average molecular weight is 304 g/mol. The highest BCUT2D eigenvalue weighted by atomic mass is 19.1. The van der Waals surface area contributed by atoms with Crippen LogP contribution in [0.1, 0.15) is 15.9 Å². The van der Waals surface area contributed by atoms with Gasteiger partial charge in [-0.25, -0.2) is 4.39 Å².